The maximum atomic E-state index is 11.1. The average Bonchev–Trinajstić information content (AvgIpc) is 2.29. The van der Waals surface area contributed by atoms with E-state index in [1.165, 1.54) is 12.1 Å². The standard InChI is InChI=1S/C12H10O3S.Li/c13-16(14,15)12-9-5-4-8-11(12)10-6-2-1-3-7-10;/h1-9H,(H,13,14,15);/q;+1/p-1. The summed E-state index contributed by atoms with van der Waals surface area (Å²) in [6.07, 6.45) is 0. The quantitative estimate of drug-likeness (QED) is 0.513. The van der Waals surface area contributed by atoms with Crippen LogP contribution in [0.3, 0.4) is 0 Å². The molecule has 0 atom stereocenters. The zero-order chi connectivity index (χ0) is 11.6. The van der Waals surface area contributed by atoms with Crippen LogP contribution in [-0.2, 0) is 10.1 Å². The molecule has 0 aliphatic heterocycles. The number of hydrogen-bond acceptors (Lipinski definition) is 3. The topological polar surface area (TPSA) is 57.2 Å². The zero-order valence-corrected chi connectivity index (χ0v) is 10.1. The molecule has 2 aromatic carbocycles. The fourth-order valence-corrected chi connectivity index (χ4v) is 2.24. The van der Waals surface area contributed by atoms with Gasteiger partial charge in [0.1, 0.15) is 10.1 Å². The van der Waals surface area contributed by atoms with Crippen LogP contribution >= 0.6 is 0 Å². The van der Waals surface area contributed by atoms with Crippen LogP contribution < -0.4 is 18.9 Å². The number of hydrogen-bond donors (Lipinski definition) is 0. The summed E-state index contributed by atoms with van der Waals surface area (Å²) in [6.45, 7) is 0. The molecule has 0 N–H and O–H groups in total. The van der Waals surface area contributed by atoms with Gasteiger partial charge < -0.3 is 4.55 Å². The van der Waals surface area contributed by atoms with E-state index >= 15 is 0 Å². The predicted molar refractivity (Wildman–Crippen MR) is 59.8 cm³/mol. The molecule has 17 heavy (non-hydrogen) atoms. The van der Waals surface area contributed by atoms with Gasteiger partial charge in [-0.3, -0.25) is 0 Å². The molecule has 2 rings (SSSR count). The van der Waals surface area contributed by atoms with Crippen LogP contribution in [0.15, 0.2) is 59.5 Å². The van der Waals surface area contributed by atoms with E-state index in [2.05, 4.69) is 0 Å². The minimum Gasteiger partial charge on any atom is -0.744 e. The Morgan fingerprint density at radius 3 is 1.94 bits per heavy atom. The van der Waals surface area contributed by atoms with Crippen molar-refractivity contribution < 1.29 is 31.8 Å². The van der Waals surface area contributed by atoms with Gasteiger partial charge in [0.05, 0.1) is 4.90 Å². The summed E-state index contributed by atoms with van der Waals surface area (Å²) in [5.74, 6) is 0. The third-order valence-electron chi connectivity index (χ3n) is 2.24. The molecule has 0 bridgehead atoms. The van der Waals surface area contributed by atoms with Crippen molar-refractivity contribution in [3.05, 3.63) is 54.6 Å². The molecule has 0 unspecified atom stereocenters. The third kappa shape index (κ3) is 3.21. The molecule has 0 spiro atoms. The Bertz CT molecular complexity index is 594. The molecule has 5 heteroatoms. The first-order valence-electron chi connectivity index (χ1n) is 4.69. The second kappa shape index (κ2) is 5.52. The van der Waals surface area contributed by atoms with Crippen LogP contribution in [0.5, 0.6) is 0 Å². The van der Waals surface area contributed by atoms with Gasteiger partial charge in [0, 0.05) is 0 Å². The van der Waals surface area contributed by atoms with Crippen molar-refractivity contribution in [1.82, 2.24) is 0 Å². The second-order valence-corrected chi connectivity index (χ2v) is 4.66. The van der Waals surface area contributed by atoms with E-state index in [9.17, 15) is 13.0 Å². The summed E-state index contributed by atoms with van der Waals surface area (Å²) in [6, 6.07) is 15.2. The van der Waals surface area contributed by atoms with Crippen molar-refractivity contribution in [3.8, 4) is 11.1 Å². The molecule has 0 saturated carbocycles. The molecule has 0 radical (unpaired) electrons. The van der Waals surface area contributed by atoms with E-state index < -0.39 is 10.1 Å². The maximum Gasteiger partial charge on any atom is 1.00 e. The summed E-state index contributed by atoms with van der Waals surface area (Å²) in [5, 5.41) is 0. The molecule has 0 fully saturated rings. The van der Waals surface area contributed by atoms with Gasteiger partial charge in [-0.05, 0) is 17.2 Å². The van der Waals surface area contributed by atoms with Crippen LogP contribution in [0.1, 0.15) is 0 Å². The van der Waals surface area contributed by atoms with Crippen molar-refractivity contribution in [2.75, 3.05) is 0 Å². The van der Waals surface area contributed by atoms with E-state index in [1.807, 2.05) is 6.07 Å². The van der Waals surface area contributed by atoms with E-state index in [0.717, 1.165) is 5.56 Å². The van der Waals surface area contributed by atoms with E-state index in [4.69, 9.17) is 0 Å². The van der Waals surface area contributed by atoms with Crippen molar-refractivity contribution in [3.63, 3.8) is 0 Å². The summed E-state index contributed by atoms with van der Waals surface area (Å²) < 4.78 is 33.2. The van der Waals surface area contributed by atoms with Crippen molar-refractivity contribution in [1.29, 1.82) is 0 Å². The van der Waals surface area contributed by atoms with Gasteiger partial charge in [-0.2, -0.15) is 0 Å². The van der Waals surface area contributed by atoms with Crippen molar-refractivity contribution in [2.24, 2.45) is 0 Å². The molecule has 2 aromatic rings. The molecule has 0 aromatic heterocycles. The predicted octanol–water partition coefficient (Wildman–Crippen LogP) is -0.738. The molecular formula is C12H9LiO3S. The van der Waals surface area contributed by atoms with Crippen LogP contribution in [0.25, 0.3) is 11.1 Å². The van der Waals surface area contributed by atoms with E-state index in [0.29, 0.717) is 5.56 Å². The van der Waals surface area contributed by atoms with Gasteiger partial charge in [0.2, 0.25) is 0 Å². The van der Waals surface area contributed by atoms with Crippen LogP contribution in [-0.4, -0.2) is 13.0 Å². The average molecular weight is 240 g/mol. The molecule has 0 amide bonds. The molecule has 3 nitrogen and oxygen atoms in total. The van der Waals surface area contributed by atoms with Crippen LogP contribution in [0.4, 0.5) is 0 Å². The summed E-state index contributed by atoms with van der Waals surface area (Å²) in [7, 11) is -4.43. The van der Waals surface area contributed by atoms with Gasteiger partial charge in [0.25, 0.3) is 0 Å². The van der Waals surface area contributed by atoms with Gasteiger partial charge in [0.15, 0.2) is 0 Å². The third-order valence-corrected chi connectivity index (χ3v) is 3.14. The van der Waals surface area contributed by atoms with Crippen molar-refractivity contribution >= 4 is 10.1 Å². The SMILES string of the molecule is O=S(=O)([O-])c1ccccc1-c1ccccc1.[Li+]. The Morgan fingerprint density at radius 1 is 0.824 bits per heavy atom. The zero-order valence-electron chi connectivity index (χ0n) is 9.33. The molecule has 0 heterocycles. The van der Waals surface area contributed by atoms with Crippen molar-refractivity contribution in [2.45, 2.75) is 4.90 Å². The molecule has 0 aliphatic rings. The summed E-state index contributed by atoms with van der Waals surface area (Å²) >= 11 is 0. The molecule has 0 saturated heterocycles. The Balaban J connectivity index is 0.00000144. The number of benzene rings is 2. The Hall–Kier alpha value is -1.05. The van der Waals surface area contributed by atoms with Crippen LogP contribution in [0, 0.1) is 0 Å². The van der Waals surface area contributed by atoms with Crippen LogP contribution in [0.2, 0.25) is 0 Å². The normalized spacial score (nSPS) is 10.6. The summed E-state index contributed by atoms with van der Waals surface area (Å²) in [5.41, 5.74) is 1.16. The summed E-state index contributed by atoms with van der Waals surface area (Å²) in [4.78, 5) is -0.179. The minimum absolute atomic E-state index is 0. The fourth-order valence-electron chi connectivity index (χ4n) is 1.54. The minimum atomic E-state index is -4.43. The van der Waals surface area contributed by atoms with Gasteiger partial charge >= 0.3 is 18.9 Å². The first kappa shape index (κ1) is 14.0. The second-order valence-electron chi connectivity index (χ2n) is 3.32. The fraction of sp³-hybridized carbons (Fsp3) is 0. The monoisotopic (exact) mass is 240 g/mol. The number of rotatable bonds is 2. The molecule has 0 aliphatic carbocycles. The largest absolute Gasteiger partial charge is 1.00 e. The molecule has 82 valence electrons. The Kier molecular flexibility index (Phi) is 4.55. The first-order valence-corrected chi connectivity index (χ1v) is 6.10. The maximum absolute atomic E-state index is 11.1. The van der Waals surface area contributed by atoms with Gasteiger partial charge in [-0.25, -0.2) is 8.42 Å². The molecular weight excluding hydrogens is 231 g/mol. The van der Waals surface area contributed by atoms with Gasteiger partial charge in [-0.15, -0.1) is 0 Å². The van der Waals surface area contributed by atoms with E-state index in [1.54, 1.807) is 36.4 Å². The Morgan fingerprint density at radius 2 is 1.35 bits per heavy atom. The van der Waals surface area contributed by atoms with Gasteiger partial charge in [-0.1, -0.05) is 48.5 Å². The first-order chi connectivity index (χ1) is 7.59. The Labute approximate surface area is 112 Å². The van der Waals surface area contributed by atoms with E-state index in [-0.39, 0.29) is 23.8 Å². The smallest absolute Gasteiger partial charge is 0.744 e.